The summed E-state index contributed by atoms with van der Waals surface area (Å²) < 4.78 is 14.1. The number of aromatic nitrogens is 2. The molecule has 1 fully saturated rings. The standard InChI is InChI=1S/C23H27N3O4/c1-4-24-18-8-5-6-9-19(18)26(23(24)28)15-22(27)25-13-7-10-17(25)16-11-12-20(29-2)21(14-16)30-3/h5-6,8-9,11-12,14,17H,4,7,10,13,15H2,1-3H3. The molecular weight excluding hydrogens is 382 g/mol. The van der Waals surface area contributed by atoms with Gasteiger partial charge in [0.2, 0.25) is 5.91 Å². The second-order valence-electron chi connectivity index (χ2n) is 7.46. The summed E-state index contributed by atoms with van der Waals surface area (Å²) in [6.07, 6.45) is 1.81. The zero-order valence-electron chi connectivity index (χ0n) is 17.6. The molecule has 7 nitrogen and oxygen atoms in total. The third kappa shape index (κ3) is 3.34. The zero-order valence-corrected chi connectivity index (χ0v) is 17.6. The molecule has 158 valence electrons. The lowest BCUT2D eigenvalue weighted by molar-refractivity contribution is -0.132. The van der Waals surface area contributed by atoms with Gasteiger partial charge in [-0.2, -0.15) is 0 Å². The number of ether oxygens (including phenoxy) is 2. The van der Waals surface area contributed by atoms with Gasteiger partial charge in [-0.05, 0) is 49.6 Å². The van der Waals surface area contributed by atoms with Gasteiger partial charge in [0.1, 0.15) is 6.54 Å². The average Bonchev–Trinajstić information content (AvgIpc) is 3.36. The molecule has 0 spiro atoms. The van der Waals surface area contributed by atoms with E-state index in [2.05, 4.69) is 0 Å². The monoisotopic (exact) mass is 409 g/mol. The highest BCUT2D eigenvalue weighted by Crippen LogP contribution is 2.37. The number of nitrogens with zero attached hydrogens (tertiary/aromatic N) is 3. The maximum atomic E-state index is 13.3. The fourth-order valence-corrected chi connectivity index (χ4v) is 4.43. The normalized spacial score (nSPS) is 16.2. The van der Waals surface area contributed by atoms with E-state index in [9.17, 15) is 9.59 Å². The molecule has 1 aromatic heterocycles. The number of para-hydroxylation sites is 2. The number of hydrogen-bond acceptors (Lipinski definition) is 4. The van der Waals surface area contributed by atoms with Gasteiger partial charge in [-0.25, -0.2) is 4.79 Å². The number of imidazole rings is 1. The van der Waals surface area contributed by atoms with E-state index in [1.165, 1.54) is 0 Å². The zero-order chi connectivity index (χ0) is 21.3. The lowest BCUT2D eigenvalue weighted by Gasteiger charge is -2.26. The molecule has 0 aliphatic carbocycles. The van der Waals surface area contributed by atoms with Crippen LogP contribution in [0.15, 0.2) is 47.3 Å². The molecule has 2 heterocycles. The van der Waals surface area contributed by atoms with E-state index in [1.807, 2.05) is 54.3 Å². The minimum absolute atomic E-state index is 0.0347. The summed E-state index contributed by atoms with van der Waals surface area (Å²) in [4.78, 5) is 28.1. The van der Waals surface area contributed by atoms with Crippen molar-refractivity contribution in [3.05, 3.63) is 58.5 Å². The van der Waals surface area contributed by atoms with Crippen LogP contribution in [0.3, 0.4) is 0 Å². The second-order valence-corrected chi connectivity index (χ2v) is 7.46. The largest absolute Gasteiger partial charge is 0.493 e. The summed E-state index contributed by atoms with van der Waals surface area (Å²) >= 11 is 0. The van der Waals surface area contributed by atoms with Gasteiger partial charge >= 0.3 is 5.69 Å². The minimum atomic E-state index is -0.145. The van der Waals surface area contributed by atoms with Crippen molar-refractivity contribution in [2.24, 2.45) is 0 Å². The van der Waals surface area contributed by atoms with Crippen LogP contribution in [-0.2, 0) is 17.9 Å². The number of benzene rings is 2. The molecule has 4 rings (SSSR count). The van der Waals surface area contributed by atoms with Crippen molar-refractivity contribution in [1.29, 1.82) is 0 Å². The Morgan fingerprint density at radius 1 is 1.03 bits per heavy atom. The Morgan fingerprint density at radius 2 is 1.73 bits per heavy atom. The third-order valence-electron chi connectivity index (χ3n) is 5.90. The van der Waals surface area contributed by atoms with Crippen molar-refractivity contribution in [3.63, 3.8) is 0 Å². The van der Waals surface area contributed by atoms with Crippen LogP contribution in [0.2, 0.25) is 0 Å². The maximum absolute atomic E-state index is 13.3. The van der Waals surface area contributed by atoms with Crippen LogP contribution in [0.5, 0.6) is 11.5 Å². The molecule has 1 amide bonds. The Labute approximate surface area is 175 Å². The van der Waals surface area contributed by atoms with E-state index < -0.39 is 0 Å². The fraction of sp³-hybridized carbons (Fsp3) is 0.391. The number of fused-ring (bicyclic) bond motifs is 1. The van der Waals surface area contributed by atoms with Gasteiger partial charge in [0.15, 0.2) is 11.5 Å². The Kier molecular flexibility index (Phi) is 5.53. The molecule has 1 aliphatic rings. The number of aryl methyl sites for hydroxylation is 1. The van der Waals surface area contributed by atoms with Crippen molar-refractivity contribution in [3.8, 4) is 11.5 Å². The van der Waals surface area contributed by atoms with E-state index >= 15 is 0 Å². The van der Waals surface area contributed by atoms with Crippen molar-refractivity contribution in [2.75, 3.05) is 20.8 Å². The van der Waals surface area contributed by atoms with Crippen molar-refractivity contribution in [2.45, 2.75) is 38.9 Å². The Bertz CT molecular complexity index is 1130. The highest BCUT2D eigenvalue weighted by molar-refractivity contribution is 5.81. The van der Waals surface area contributed by atoms with Gasteiger partial charge in [-0.1, -0.05) is 18.2 Å². The summed E-state index contributed by atoms with van der Waals surface area (Å²) in [6.45, 7) is 3.22. The molecule has 0 bridgehead atoms. The van der Waals surface area contributed by atoms with Gasteiger partial charge < -0.3 is 14.4 Å². The van der Waals surface area contributed by atoms with Crippen molar-refractivity contribution < 1.29 is 14.3 Å². The van der Waals surface area contributed by atoms with Crippen LogP contribution in [0.4, 0.5) is 0 Å². The summed E-state index contributed by atoms with van der Waals surface area (Å²) in [5.74, 6) is 1.26. The van der Waals surface area contributed by atoms with Crippen LogP contribution in [0.25, 0.3) is 11.0 Å². The molecule has 1 aliphatic heterocycles. The Hall–Kier alpha value is -3.22. The predicted octanol–water partition coefficient (Wildman–Crippen LogP) is 3.20. The Balaban J connectivity index is 1.64. The summed E-state index contributed by atoms with van der Waals surface area (Å²) in [5, 5.41) is 0. The summed E-state index contributed by atoms with van der Waals surface area (Å²) in [7, 11) is 3.21. The topological polar surface area (TPSA) is 65.7 Å². The molecule has 3 aromatic rings. The first-order chi connectivity index (χ1) is 14.6. The molecule has 2 aromatic carbocycles. The third-order valence-corrected chi connectivity index (χ3v) is 5.90. The molecule has 1 unspecified atom stereocenters. The van der Waals surface area contributed by atoms with Crippen LogP contribution < -0.4 is 15.2 Å². The lowest BCUT2D eigenvalue weighted by Crippen LogP contribution is -2.36. The van der Waals surface area contributed by atoms with E-state index in [1.54, 1.807) is 23.4 Å². The number of methoxy groups -OCH3 is 2. The fourth-order valence-electron chi connectivity index (χ4n) is 4.43. The van der Waals surface area contributed by atoms with E-state index in [0.717, 1.165) is 29.4 Å². The smallest absolute Gasteiger partial charge is 0.329 e. The molecule has 0 saturated carbocycles. The molecule has 0 radical (unpaired) electrons. The van der Waals surface area contributed by atoms with Crippen molar-refractivity contribution >= 4 is 16.9 Å². The van der Waals surface area contributed by atoms with Crippen LogP contribution in [0, 0.1) is 0 Å². The molecule has 1 atom stereocenters. The summed E-state index contributed by atoms with van der Waals surface area (Å²) in [5.41, 5.74) is 2.52. The summed E-state index contributed by atoms with van der Waals surface area (Å²) in [6, 6.07) is 13.4. The molecule has 30 heavy (non-hydrogen) atoms. The number of amides is 1. The molecule has 0 N–H and O–H groups in total. The number of likely N-dealkylation sites (tertiary alicyclic amines) is 1. The molecular formula is C23H27N3O4. The van der Waals surface area contributed by atoms with Crippen LogP contribution in [-0.4, -0.2) is 40.7 Å². The predicted molar refractivity (Wildman–Crippen MR) is 115 cm³/mol. The number of carbonyl (C=O) groups is 1. The SMILES string of the molecule is CCn1c(=O)n(CC(=O)N2CCCC2c2ccc(OC)c(OC)c2)c2ccccc21. The van der Waals surface area contributed by atoms with Crippen LogP contribution >= 0.6 is 0 Å². The highest BCUT2D eigenvalue weighted by atomic mass is 16.5. The van der Waals surface area contributed by atoms with E-state index in [-0.39, 0.29) is 24.2 Å². The molecule has 1 saturated heterocycles. The number of carbonyl (C=O) groups excluding carboxylic acids is 1. The first kappa shape index (κ1) is 20.1. The van der Waals surface area contributed by atoms with Gasteiger partial charge in [-0.15, -0.1) is 0 Å². The quantitative estimate of drug-likeness (QED) is 0.627. The van der Waals surface area contributed by atoms with Gasteiger partial charge in [-0.3, -0.25) is 13.9 Å². The molecule has 7 heteroatoms. The van der Waals surface area contributed by atoms with Crippen LogP contribution in [0.1, 0.15) is 31.4 Å². The average molecular weight is 409 g/mol. The van der Waals surface area contributed by atoms with E-state index in [0.29, 0.717) is 24.6 Å². The van der Waals surface area contributed by atoms with E-state index in [4.69, 9.17) is 9.47 Å². The second kappa shape index (κ2) is 8.26. The maximum Gasteiger partial charge on any atom is 0.329 e. The number of rotatable bonds is 6. The van der Waals surface area contributed by atoms with Gasteiger partial charge in [0.05, 0.1) is 31.3 Å². The first-order valence-electron chi connectivity index (χ1n) is 10.3. The van der Waals surface area contributed by atoms with Crippen molar-refractivity contribution in [1.82, 2.24) is 14.0 Å². The van der Waals surface area contributed by atoms with Gasteiger partial charge in [0, 0.05) is 13.1 Å². The highest BCUT2D eigenvalue weighted by Gasteiger charge is 2.31. The van der Waals surface area contributed by atoms with Gasteiger partial charge in [0.25, 0.3) is 0 Å². The minimum Gasteiger partial charge on any atom is -0.493 e. The first-order valence-corrected chi connectivity index (χ1v) is 10.3. The Morgan fingerprint density at radius 3 is 2.40 bits per heavy atom. The number of hydrogen-bond donors (Lipinski definition) is 0. The lowest BCUT2D eigenvalue weighted by atomic mass is 10.0.